The molecule has 0 saturated carbocycles. The van der Waals surface area contributed by atoms with Crippen molar-refractivity contribution in [3.05, 3.63) is 0 Å². The van der Waals surface area contributed by atoms with Crippen LogP contribution in [0.3, 0.4) is 0 Å². The third kappa shape index (κ3) is 7.35. The van der Waals surface area contributed by atoms with Crippen LogP contribution in [0.1, 0.15) is 25.7 Å². The third-order valence-corrected chi connectivity index (χ3v) is 3.93. The number of nitrogens with one attached hydrogen (secondary N) is 1. The van der Waals surface area contributed by atoms with E-state index in [1.165, 1.54) is 4.90 Å². The standard InChI is InChI=1S/C13H22F3N3O.2ClH/c14-13(15,16)10-18-5-2-6-19(8-7-18)12(20)9-11-3-1-4-17-11;;/h11,17H,1-10H2;2*1H. The monoisotopic (exact) mass is 365 g/mol. The van der Waals surface area contributed by atoms with Crippen LogP contribution in [0.15, 0.2) is 0 Å². The lowest BCUT2D eigenvalue weighted by molar-refractivity contribution is -0.145. The predicted molar refractivity (Wildman–Crippen MR) is 83.8 cm³/mol. The first-order valence-corrected chi connectivity index (χ1v) is 7.24. The molecule has 1 N–H and O–H groups in total. The van der Waals surface area contributed by atoms with E-state index in [0.717, 1.165) is 19.4 Å². The second kappa shape index (κ2) is 9.80. The number of alkyl halides is 3. The van der Waals surface area contributed by atoms with Gasteiger partial charge in [0.05, 0.1) is 6.54 Å². The van der Waals surface area contributed by atoms with Crippen molar-refractivity contribution in [3.8, 4) is 0 Å². The second-order valence-electron chi connectivity index (χ2n) is 5.62. The van der Waals surface area contributed by atoms with Crippen LogP contribution in [0.25, 0.3) is 0 Å². The molecule has 0 radical (unpaired) electrons. The van der Waals surface area contributed by atoms with Gasteiger partial charge in [0.15, 0.2) is 0 Å². The van der Waals surface area contributed by atoms with Crippen molar-refractivity contribution in [2.75, 3.05) is 39.3 Å². The minimum absolute atomic E-state index is 0. The molecule has 2 aliphatic rings. The van der Waals surface area contributed by atoms with Gasteiger partial charge in [0.2, 0.25) is 5.91 Å². The Morgan fingerprint density at radius 3 is 2.41 bits per heavy atom. The molecule has 0 spiro atoms. The average molecular weight is 366 g/mol. The number of amides is 1. The Kier molecular flexibility index (Phi) is 9.69. The summed E-state index contributed by atoms with van der Waals surface area (Å²) in [6, 6.07) is 0.247. The van der Waals surface area contributed by atoms with Gasteiger partial charge in [0.1, 0.15) is 0 Å². The maximum Gasteiger partial charge on any atom is 0.401 e. The van der Waals surface area contributed by atoms with Crippen LogP contribution in [-0.2, 0) is 4.79 Å². The highest BCUT2D eigenvalue weighted by atomic mass is 35.5. The first-order valence-electron chi connectivity index (χ1n) is 7.24. The van der Waals surface area contributed by atoms with E-state index >= 15 is 0 Å². The molecule has 0 aliphatic carbocycles. The Labute approximate surface area is 141 Å². The Morgan fingerprint density at radius 2 is 1.82 bits per heavy atom. The van der Waals surface area contributed by atoms with Crippen molar-refractivity contribution < 1.29 is 18.0 Å². The van der Waals surface area contributed by atoms with Gasteiger partial charge in [-0.3, -0.25) is 9.69 Å². The van der Waals surface area contributed by atoms with E-state index in [4.69, 9.17) is 0 Å². The number of carbonyl (C=O) groups is 1. The van der Waals surface area contributed by atoms with Crippen LogP contribution in [0.4, 0.5) is 13.2 Å². The predicted octanol–water partition coefficient (Wildman–Crippen LogP) is 2.07. The normalized spacial score (nSPS) is 23.4. The lowest BCUT2D eigenvalue weighted by Gasteiger charge is -2.23. The summed E-state index contributed by atoms with van der Waals surface area (Å²) >= 11 is 0. The van der Waals surface area contributed by atoms with E-state index in [1.807, 2.05) is 0 Å². The average Bonchev–Trinajstić information content (AvgIpc) is 2.73. The summed E-state index contributed by atoms with van der Waals surface area (Å²) < 4.78 is 37.1. The molecule has 132 valence electrons. The molecule has 0 aromatic carbocycles. The molecule has 1 atom stereocenters. The van der Waals surface area contributed by atoms with Crippen LogP contribution in [0.5, 0.6) is 0 Å². The summed E-state index contributed by atoms with van der Waals surface area (Å²) in [5.74, 6) is 0.0678. The van der Waals surface area contributed by atoms with E-state index < -0.39 is 12.7 Å². The van der Waals surface area contributed by atoms with Crippen molar-refractivity contribution in [2.24, 2.45) is 0 Å². The van der Waals surface area contributed by atoms with Gasteiger partial charge < -0.3 is 10.2 Å². The maximum absolute atomic E-state index is 12.4. The van der Waals surface area contributed by atoms with Gasteiger partial charge in [-0.15, -0.1) is 24.8 Å². The molecule has 0 bridgehead atoms. The van der Waals surface area contributed by atoms with Gasteiger partial charge in [-0.05, 0) is 25.8 Å². The van der Waals surface area contributed by atoms with Gasteiger partial charge in [-0.25, -0.2) is 0 Å². The SMILES string of the molecule is Cl.Cl.O=C(CC1CCCN1)N1CCCN(CC(F)(F)F)CC1. The Morgan fingerprint density at radius 1 is 1.09 bits per heavy atom. The van der Waals surface area contributed by atoms with Crippen molar-refractivity contribution in [1.82, 2.24) is 15.1 Å². The van der Waals surface area contributed by atoms with Crippen molar-refractivity contribution in [2.45, 2.75) is 37.9 Å². The zero-order valence-corrected chi connectivity index (χ0v) is 14.0. The summed E-state index contributed by atoms with van der Waals surface area (Å²) in [5.41, 5.74) is 0. The molecule has 1 unspecified atom stereocenters. The number of carbonyl (C=O) groups excluding carboxylic acids is 1. The van der Waals surface area contributed by atoms with Gasteiger partial charge in [-0.1, -0.05) is 0 Å². The van der Waals surface area contributed by atoms with Crippen LogP contribution in [-0.4, -0.2) is 67.2 Å². The lowest BCUT2D eigenvalue weighted by atomic mass is 10.1. The molecule has 22 heavy (non-hydrogen) atoms. The molecule has 2 saturated heterocycles. The van der Waals surface area contributed by atoms with Crippen LogP contribution in [0.2, 0.25) is 0 Å². The summed E-state index contributed by atoms with van der Waals surface area (Å²) in [5, 5.41) is 3.28. The van der Waals surface area contributed by atoms with Crippen molar-refractivity contribution in [1.29, 1.82) is 0 Å². The van der Waals surface area contributed by atoms with E-state index in [2.05, 4.69) is 5.32 Å². The van der Waals surface area contributed by atoms with Crippen LogP contribution >= 0.6 is 24.8 Å². The number of rotatable bonds is 3. The number of halogens is 5. The molecular weight excluding hydrogens is 342 g/mol. The Bertz CT molecular complexity index is 339. The molecule has 0 aromatic rings. The topological polar surface area (TPSA) is 35.6 Å². The third-order valence-electron chi connectivity index (χ3n) is 3.93. The highest BCUT2D eigenvalue weighted by molar-refractivity contribution is 5.85. The molecule has 2 fully saturated rings. The summed E-state index contributed by atoms with van der Waals surface area (Å²) in [4.78, 5) is 15.3. The summed E-state index contributed by atoms with van der Waals surface area (Å²) in [6.07, 6.45) is -0.969. The summed E-state index contributed by atoms with van der Waals surface area (Å²) in [7, 11) is 0. The molecule has 2 heterocycles. The fourth-order valence-corrected chi connectivity index (χ4v) is 2.90. The summed E-state index contributed by atoms with van der Waals surface area (Å²) in [6.45, 7) is 1.77. The highest BCUT2D eigenvalue weighted by Crippen LogP contribution is 2.18. The van der Waals surface area contributed by atoms with Gasteiger partial charge in [-0.2, -0.15) is 13.2 Å². The minimum atomic E-state index is -4.16. The molecule has 9 heteroatoms. The Balaban J connectivity index is 0.00000220. The van der Waals surface area contributed by atoms with Crippen molar-refractivity contribution in [3.63, 3.8) is 0 Å². The first-order chi connectivity index (χ1) is 9.44. The number of nitrogens with zero attached hydrogens (tertiary/aromatic N) is 2. The molecule has 0 aromatic heterocycles. The zero-order chi connectivity index (χ0) is 14.6. The quantitative estimate of drug-likeness (QED) is 0.831. The van der Waals surface area contributed by atoms with Crippen LogP contribution < -0.4 is 5.32 Å². The van der Waals surface area contributed by atoms with Gasteiger partial charge in [0.25, 0.3) is 0 Å². The van der Waals surface area contributed by atoms with Gasteiger partial charge >= 0.3 is 6.18 Å². The van der Waals surface area contributed by atoms with Gasteiger partial charge in [0, 0.05) is 38.6 Å². The van der Waals surface area contributed by atoms with Crippen molar-refractivity contribution >= 4 is 30.7 Å². The van der Waals surface area contributed by atoms with Crippen LogP contribution in [0, 0.1) is 0 Å². The maximum atomic E-state index is 12.4. The molecule has 2 rings (SSSR count). The minimum Gasteiger partial charge on any atom is -0.341 e. The molecule has 2 aliphatic heterocycles. The molecule has 1 amide bonds. The smallest absolute Gasteiger partial charge is 0.341 e. The number of hydrogen-bond acceptors (Lipinski definition) is 3. The number of hydrogen-bond donors (Lipinski definition) is 1. The first kappa shape index (κ1) is 21.8. The van der Waals surface area contributed by atoms with E-state index in [1.54, 1.807) is 4.90 Å². The second-order valence-corrected chi connectivity index (χ2v) is 5.62. The fourth-order valence-electron chi connectivity index (χ4n) is 2.90. The highest BCUT2D eigenvalue weighted by Gasteiger charge is 2.32. The zero-order valence-electron chi connectivity index (χ0n) is 12.4. The fraction of sp³-hybridized carbons (Fsp3) is 0.923. The Hall–Kier alpha value is -0.240. The van der Waals surface area contributed by atoms with E-state index in [-0.39, 0.29) is 36.8 Å². The largest absolute Gasteiger partial charge is 0.401 e. The van der Waals surface area contributed by atoms with E-state index in [0.29, 0.717) is 39.0 Å². The van der Waals surface area contributed by atoms with E-state index in [9.17, 15) is 18.0 Å². The lowest BCUT2D eigenvalue weighted by Crippen LogP contribution is -2.40. The molecule has 4 nitrogen and oxygen atoms in total. The molecular formula is C13H24Cl2F3N3O.